The third-order valence-electron chi connectivity index (χ3n) is 11.8. The highest BCUT2D eigenvalue weighted by molar-refractivity contribution is 4.95. The first kappa shape index (κ1) is 46.7. The fourth-order valence-electron chi connectivity index (χ4n) is 7.79. The third-order valence-corrected chi connectivity index (χ3v) is 11.8. The summed E-state index contributed by atoms with van der Waals surface area (Å²) < 4.78 is 0. The van der Waals surface area contributed by atoms with Crippen LogP contribution in [0.15, 0.2) is 12.2 Å². The Bertz CT molecular complexity index is 589. The van der Waals surface area contributed by atoms with Crippen molar-refractivity contribution in [3.05, 3.63) is 12.2 Å². The van der Waals surface area contributed by atoms with Gasteiger partial charge in [0.1, 0.15) is 0 Å². The van der Waals surface area contributed by atoms with Crippen LogP contribution < -0.4 is 0 Å². The molecule has 0 aliphatic rings. The van der Waals surface area contributed by atoms with Gasteiger partial charge in [0.05, 0.1) is 0 Å². The van der Waals surface area contributed by atoms with E-state index in [1.807, 2.05) is 0 Å². The van der Waals surface area contributed by atoms with Gasteiger partial charge in [-0.1, -0.05) is 265 Å². The van der Waals surface area contributed by atoms with Crippen LogP contribution in [-0.4, -0.2) is 0 Å². The normalized spacial score (nSPS) is 13.6. The highest BCUT2D eigenvalue weighted by Crippen LogP contribution is 2.23. The molecular formula is C47H94. The van der Waals surface area contributed by atoms with Gasteiger partial charge in [0, 0.05) is 0 Å². The highest BCUT2D eigenvalue weighted by Gasteiger charge is 2.07. The average molecular weight is 659 g/mol. The lowest BCUT2D eigenvalue weighted by atomic mass is 9.91. The van der Waals surface area contributed by atoms with Gasteiger partial charge in [-0.15, -0.1) is 0 Å². The van der Waals surface area contributed by atoms with Gasteiger partial charge in [-0.2, -0.15) is 0 Å². The minimum Gasteiger partial charge on any atom is -0.0999 e. The van der Waals surface area contributed by atoms with Crippen molar-refractivity contribution in [2.75, 3.05) is 0 Å². The lowest BCUT2D eigenvalue weighted by Crippen LogP contribution is -2.00. The summed E-state index contributed by atoms with van der Waals surface area (Å²) in [5, 5.41) is 0. The molecule has 3 atom stereocenters. The zero-order valence-corrected chi connectivity index (χ0v) is 34.1. The molecule has 0 aromatic carbocycles. The first-order chi connectivity index (χ1) is 23.0. The Labute approximate surface area is 301 Å². The van der Waals surface area contributed by atoms with Crippen LogP contribution in [0.2, 0.25) is 0 Å². The molecule has 0 nitrogen and oxygen atoms in total. The summed E-state index contributed by atoms with van der Waals surface area (Å²) in [6, 6.07) is 0. The predicted octanol–water partition coefficient (Wildman–Crippen LogP) is 17.9. The van der Waals surface area contributed by atoms with E-state index in [0.29, 0.717) is 0 Å². The van der Waals surface area contributed by atoms with E-state index in [9.17, 15) is 0 Å². The van der Waals surface area contributed by atoms with Gasteiger partial charge in [-0.3, -0.25) is 0 Å². The van der Waals surface area contributed by atoms with Gasteiger partial charge in [0.2, 0.25) is 0 Å². The maximum Gasteiger partial charge on any atom is -0.0211 e. The lowest BCUT2D eigenvalue weighted by molar-refractivity contribution is 0.422. The van der Waals surface area contributed by atoms with Gasteiger partial charge in [0.25, 0.3) is 0 Å². The quantitative estimate of drug-likeness (QED) is 0.0454. The summed E-state index contributed by atoms with van der Waals surface area (Å²) in [5.74, 6) is 2.65. The van der Waals surface area contributed by atoms with Crippen molar-refractivity contribution >= 4 is 0 Å². The van der Waals surface area contributed by atoms with Crippen molar-refractivity contribution < 1.29 is 0 Å². The lowest BCUT2D eigenvalue weighted by Gasteiger charge is -2.15. The summed E-state index contributed by atoms with van der Waals surface area (Å²) >= 11 is 0. The molecule has 2 unspecified atom stereocenters. The van der Waals surface area contributed by atoms with Crippen molar-refractivity contribution in [3.8, 4) is 0 Å². The van der Waals surface area contributed by atoms with Crippen LogP contribution in [0.1, 0.15) is 272 Å². The summed E-state index contributed by atoms with van der Waals surface area (Å²) in [6.45, 7) is 15.9. The maximum absolute atomic E-state index is 4.17. The molecule has 0 amide bonds. The molecule has 0 aromatic rings. The molecule has 0 heteroatoms. The van der Waals surface area contributed by atoms with Gasteiger partial charge in [-0.25, -0.2) is 0 Å². The minimum absolute atomic E-state index is 0.764. The zero-order valence-electron chi connectivity index (χ0n) is 34.1. The first-order valence-corrected chi connectivity index (χ1v) is 22.7. The first-order valence-electron chi connectivity index (χ1n) is 22.7. The summed E-state index contributed by atoms with van der Waals surface area (Å²) in [7, 11) is 0. The third kappa shape index (κ3) is 36.8. The molecule has 0 saturated carbocycles. The Kier molecular flexibility index (Phi) is 38.3. The van der Waals surface area contributed by atoms with E-state index < -0.39 is 0 Å². The Morgan fingerprint density at radius 2 is 0.532 bits per heavy atom. The van der Waals surface area contributed by atoms with Crippen LogP contribution in [0.5, 0.6) is 0 Å². The number of hydrogen-bond acceptors (Lipinski definition) is 0. The molecule has 0 rings (SSSR count). The number of hydrogen-bond donors (Lipinski definition) is 0. The van der Waals surface area contributed by atoms with E-state index in [2.05, 4.69) is 41.2 Å². The summed E-state index contributed by atoms with van der Waals surface area (Å²) in [6.07, 6.45) is 54.2. The van der Waals surface area contributed by atoms with E-state index in [1.165, 1.54) is 243 Å². The zero-order chi connectivity index (χ0) is 34.5. The standard InChI is InChI=1S/C47H94/c1-7-45(5)40-36-33-31-29-27-25-23-21-19-17-15-13-11-9-10-12-14-16-18-20-22-24-26-28-30-32-34-37-41-46(6)42-38-35-39-43-47(8-2)44(3)4/h45-47H,3,7-43H2,1-2,4-6H3/t45?,46?,47-/m1/s1. The second kappa shape index (κ2) is 38.5. The average Bonchev–Trinajstić information content (AvgIpc) is 3.06. The van der Waals surface area contributed by atoms with Gasteiger partial charge in [0.15, 0.2) is 0 Å². The van der Waals surface area contributed by atoms with Gasteiger partial charge in [-0.05, 0) is 37.5 Å². The van der Waals surface area contributed by atoms with Crippen LogP contribution in [0.3, 0.4) is 0 Å². The molecule has 0 aliphatic heterocycles. The van der Waals surface area contributed by atoms with E-state index in [4.69, 9.17) is 0 Å². The molecule has 0 aliphatic carbocycles. The Morgan fingerprint density at radius 3 is 0.766 bits per heavy atom. The van der Waals surface area contributed by atoms with Crippen LogP contribution in [0, 0.1) is 17.8 Å². The SMILES string of the molecule is C=C(C)[C@H](CC)CCCCCC(C)CCCCCCCCCCCCCCCCCCCCCCCCCCCCCCC(C)CC. The van der Waals surface area contributed by atoms with Crippen LogP contribution >= 0.6 is 0 Å². The van der Waals surface area contributed by atoms with Crippen molar-refractivity contribution in [1.82, 2.24) is 0 Å². The molecule has 0 N–H and O–H groups in total. The topological polar surface area (TPSA) is 0 Å². The van der Waals surface area contributed by atoms with E-state index >= 15 is 0 Å². The number of unbranched alkanes of at least 4 members (excludes halogenated alkanes) is 29. The largest absolute Gasteiger partial charge is 0.0999 e. The maximum atomic E-state index is 4.17. The molecule has 282 valence electrons. The van der Waals surface area contributed by atoms with Gasteiger partial charge >= 0.3 is 0 Å². The molecule has 0 fully saturated rings. The number of allylic oxidation sites excluding steroid dienone is 1. The molecular weight excluding hydrogens is 565 g/mol. The molecule has 0 aromatic heterocycles. The smallest absolute Gasteiger partial charge is 0.0211 e. The molecule has 0 bridgehead atoms. The van der Waals surface area contributed by atoms with Crippen molar-refractivity contribution in [1.29, 1.82) is 0 Å². The van der Waals surface area contributed by atoms with Crippen LogP contribution in [-0.2, 0) is 0 Å². The van der Waals surface area contributed by atoms with Crippen molar-refractivity contribution in [2.24, 2.45) is 17.8 Å². The van der Waals surface area contributed by atoms with Gasteiger partial charge < -0.3 is 0 Å². The molecule has 0 radical (unpaired) electrons. The molecule has 0 saturated heterocycles. The van der Waals surface area contributed by atoms with E-state index in [-0.39, 0.29) is 0 Å². The summed E-state index contributed by atoms with van der Waals surface area (Å²) in [4.78, 5) is 0. The molecule has 0 heterocycles. The minimum atomic E-state index is 0.764. The second-order valence-corrected chi connectivity index (χ2v) is 16.7. The predicted molar refractivity (Wildman–Crippen MR) is 219 cm³/mol. The second-order valence-electron chi connectivity index (χ2n) is 16.7. The Hall–Kier alpha value is -0.260. The fraction of sp³-hybridized carbons (Fsp3) is 0.957. The highest BCUT2D eigenvalue weighted by atomic mass is 14.1. The monoisotopic (exact) mass is 659 g/mol. The van der Waals surface area contributed by atoms with Crippen LogP contribution in [0.4, 0.5) is 0 Å². The fourth-order valence-corrected chi connectivity index (χ4v) is 7.79. The van der Waals surface area contributed by atoms with Crippen LogP contribution in [0.25, 0.3) is 0 Å². The van der Waals surface area contributed by atoms with E-state index in [1.54, 1.807) is 0 Å². The van der Waals surface area contributed by atoms with E-state index in [0.717, 1.165) is 17.8 Å². The van der Waals surface area contributed by atoms with Crippen molar-refractivity contribution in [2.45, 2.75) is 272 Å². The molecule has 47 heavy (non-hydrogen) atoms. The molecule has 0 spiro atoms. The Balaban J connectivity index is 3.16. The van der Waals surface area contributed by atoms with Crippen molar-refractivity contribution in [3.63, 3.8) is 0 Å². The Morgan fingerprint density at radius 1 is 0.319 bits per heavy atom. The number of rotatable bonds is 40. The summed E-state index contributed by atoms with van der Waals surface area (Å²) in [5.41, 5.74) is 1.39.